The van der Waals surface area contributed by atoms with Crippen molar-refractivity contribution < 1.29 is 0 Å². The van der Waals surface area contributed by atoms with Crippen LogP contribution in [-0.4, -0.2) is 5.96 Å². The molecule has 3 aromatic carbocycles. The van der Waals surface area contributed by atoms with Crippen LogP contribution < -0.4 is 11.1 Å². The summed E-state index contributed by atoms with van der Waals surface area (Å²) in [6.07, 6.45) is 0. The van der Waals surface area contributed by atoms with Crippen molar-refractivity contribution in [2.75, 3.05) is 5.32 Å². The van der Waals surface area contributed by atoms with Crippen LogP contribution in [0.2, 0.25) is 0 Å². The highest BCUT2D eigenvalue weighted by molar-refractivity contribution is 5.96. The van der Waals surface area contributed by atoms with E-state index in [0.717, 1.165) is 11.4 Å². The first-order valence-electron chi connectivity index (χ1n) is 7.82. The normalized spacial score (nSPS) is 11.9. The van der Waals surface area contributed by atoms with Crippen molar-refractivity contribution in [2.45, 2.75) is 19.8 Å². The van der Waals surface area contributed by atoms with Crippen molar-refractivity contribution in [1.29, 1.82) is 0 Å². The quantitative estimate of drug-likeness (QED) is 0.527. The van der Waals surface area contributed by atoms with Gasteiger partial charge in [0.1, 0.15) is 0 Å². The van der Waals surface area contributed by atoms with E-state index in [4.69, 9.17) is 5.73 Å². The third-order valence-corrected chi connectivity index (χ3v) is 3.83. The molecule has 0 unspecified atom stereocenters. The lowest BCUT2D eigenvalue weighted by Crippen LogP contribution is -2.21. The molecule has 0 radical (unpaired) electrons. The largest absolute Gasteiger partial charge is 0.369 e. The van der Waals surface area contributed by atoms with Crippen molar-refractivity contribution in [3.63, 3.8) is 0 Å². The van der Waals surface area contributed by atoms with Crippen LogP contribution in [0, 0.1) is 0 Å². The summed E-state index contributed by atoms with van der Waals surface area (Å²) >= 11 is 0. The Morgan fingerprint density at radius 2 is 1.61 bits per heavy atom. The van der Waals surface area contributed by atoms with E-state index in [1.807, 2.05) is 30.3 Å². The zero-order chi connectivity index (χ0) is 16.2. The van der Waals surface area contributed by atoms with Gasteiger partial charge in [-0.1, -0.05) is 56.3 Å². The molecule has 0 saturated carbocycles. The van der Waals surface area contributed by atoms with Gasteiger partial charge in [0, 0.05) is 5.69 Å². The number of hydrogen-bond donors (Lipinski definition) is 2. The second-order valence-corrected chi connectivity index (χ2v) is 5.93. The molecular formula is C20H21N3. The molecule has 3 aromatic rings. The summed E-state index contributed by atoms with van der Waals surface area (Å²) in [4.78, 5) is 4.42. The number of benzene rings is 3. The summed E-state index contributed by atoms with van der Waals surface area (Å²) < 4.78 is 0. The van der Waals surface area contributed by atoms with Gasteiger partial charge in [0.2, 0.25) is 0 Å². The Balaban J connectivity index is 1.77. The lowest BCUT2D eigenvalue weighted by Gasteiger charge is -2.08. The maximum Gasteiger partial charge on any atom is 0.198 e. The van der Waals surface area contributed by atoms with Crippen LogP contribution in [0.4, 0.5) is 11.4 Å². The van der Waals surface area contributed by atoms with Crippen LogP contribution in [0.25, 0.3) is 10.8 Å². The van der Waals surface area contributed by atoms with E-state index in [9.17, 15) is 0 Å². The highest BCUT2D eigenvalue weighted by atomic mass is 15.1. The Bertz CT molecular complexity index is 833. The van der Waals surface area contributed by atoms with Crippen LogP contribution in [0.15, 0.2) is 71.7 Å². The number of rotatable bonds is 3. The standard InChI is InChI=1S/C20H21N3/c1-14(2)15-7-10-18(11-8-15)22-20(21)23-19-12-9-16-5-3-4-6-17(16)13-19/h3-14H,1-2H3,(H3,21,22,23). The molecule has 3 N–H and O–H groups in total. The van der Waals surface area contributed by atoms with Crippen LogP contribution in [0.3, 0.4) is 0 Å². The van der Waals surface area contributed by atoms with E-state index in [1.165, 1.54) is 16.3 Å². The van der Waals surface area contributed by atoms with E-state index in [2.05, 4.69) is 60.6 Å². The average molecular weight is 303 g/mol. The molecule has 0 saturated heterocycles. The first kappa shape index (κ1) is 15.1. The number of aliphatic imine (C=N–C) groups is 1. The molecule has 0 spiro atoms. The molecule has 0 amide bonds. The van der Waals surface area contributed by atoms with Crippen molar-refractivity contribution in [3.8, 4) is 0 Å². The van der Waals surface area contributed by atoms with E-state index in [1.54, 1.807) is 0 Å². The second-order valence-electron chi connectivity index (χ2n) is 5.93. The minimum absolute atomic E-state index is 0.387. The fourth-order valence-corrected chi connectivity index (χ4v) is 2.52. The summed E-state index contributed by atoms with van der Waals surface area (Å²) in [7, 11) is 0. The lowest BCUT2D eigenvalue weighted by molar-refractivity contribution is 0.867. The Kier molecular flexibility index (Phi) is 4.29. The molecule has 0 heterocycles. The van der Waals surface area contributed by atoms with Gasteiger partial charge in [0.25, 0.3) is 0 Å². The molecule has 3 heteroatoms. The third-order valence-electron chi connectivity index (χ3n) is 3.83. The zero-order valence-electron chi connectivity index (χ0n) is 13.5. The number of nitrogens with two attached hydrogens (primary N) is 1. The smallest absolute Gasteiger partial charge is 0.198 e. The molecule has 0 fully saturated rings. The van der Waals surface area contributed by atoms with E-state index < -0.39 is 0 Å². The number of nitrogens with zero attached hydrogens (tertiary/aromatic N) is 1. The van der Waals surface area contributed by atoms with Crippen molar-refractivity contribution in [1.82, 2.24) is 0 Å². The molecule has 0 aromatic heterocycles. The minimum Gasteiger partial charge on any atom is -0.369 e. The second kappa shape index (κ2) is 6.53. The maximum atomic E-state index is 6.02. The third kappa shape index (κ3) is 3.69. The van der Waals surface area contributed by atoms with Gasteiger partial charge < -0.3 is 11.1 Å². The molecular weight excluding hydrogens is 282 g/mol. The zero-order valence-corrected chi connectivity index (χ0v) is 13.5. The van der Waals surface area contributed by atoms with Gasteiger partial charge in [0.05, 0.1) is 5.69 Å². The summed E-state index contributed by atoms with van der Waals surface area (Å²) in [6, 6.07) is 22.5. The molecule has 3 nitrogen and oxygen atoms in total. The molecule has 3 rings (SSSR count). The Hall–Kier alpha value is -2.81. The first-order chi connectivity index (χ1) is 11.1. The Labute approximate surface area is 136 Å². The number of guanidine groups is 1. The van der Waals surface area contributed by atoms with Gasteiger partial charge in [-0.05, 0) is 46.5 Å². The number of nitrogens with one attached hydrogen (secondary N) is 1. The molecule has 0 aliphatic carbocycles. The Morgan fingerprint density at radius 3 is 2.30 bits per heavy atom. The Morgan fingerprint density at radius 1 is 0.913 bits per heavy atom. The summed E-state index contributed by atoms with van der Waals surface area (Å²) in [6.45, 7) is 4.35. The topological polar surface area (TPSA) is 50.4 Å². The van der Waals surface area contributed by atoms with Gasteiger partial charge >= 0.3 is 0 Å². The molecule has 116 valence electrons. The van der Waals surface area contributed by atoms with Crippen molar-refractivity contribution in [2.24, 2.45) is 10.7 Å². The van der Waals surface area contributed by atoms with Gasteiger partial charge in [0.15, 0.2) is 5.96 Å². The molecule has 0 bridgehead atoms. The minimum atomic E-state index is 0.387. The number of hydrogen-bond acceptors (Lipinski definition) is 1. The van der Waals surface area contributed by atoms with Gasteiger partial charge in [-0.2, -0.15) is 0 Å². The molecule has 0 atom stereocenters. The highest BCUT2D eigenvalue weighted by Crippen LogP contribution is 2.20. The monoisotopic (exact) mass is 303 g/mol. The first-order valence-corrected chi connectivity index (χ1v) is 7.82. The SMILES string of the molecule is CC(C)c1ccc(N=C(N)Nc2ccc3ccccc3c2)cc1. The predicted octanol–water partition coefficient (Wildman–Crippen LogP) is 5.02. The predicted molar refractivity (Wildman–Crippen MR) is 99.4 cm³/mol. The van der Waals surface area contributed by atoms with Gasteiger partial charge in [-0.3, -0.25) is 0 Å². The van der Waals surface area contributed by atoms with E-state index in [-0.39, 0.29) is 0 Å². The maximum absolute atomic E-state index is 6.02. The van der Waals surface area contributed by atoms with Crippen molar-refractivity contribution in [3.05, 3.63) is 72.3 Å². The molecule has 23 heavy (non-hydrogen) atoms. The van der Waals surface area contributed by atoms with Gasteiger partial charge in [-0.15, -0.1) is 0 Å². The summed E-state index contributed by atoms with van der Waals surface area (Å²) in [5, 5.41) is 5.53. The van der Waals surface area contributed by atoms with Crippen LogP contribution in [0.1, 0.15) is 25.3 Å². The summed E-state index contributed by atoms with van der Waals surface area (Å²) in [5.41, 5.74) is 9.10. The van der Waals surface area contributed by atoms with Crippen LogP contribution in [0.5, 0.6) is 0 Å². The fraction of sp³-hybridized carbons (Fsp3) is 0.150. The fourth-order valence-electron chi connectivity index (χ4n) is 2.52. The highest BCUT2D eigenvalue weighted by Gasteiger charge is 2.00. The van der Waals surface area contributed by atoms with Gasteiger partial charge in [-0.25, -0.2) is 4.99 Å². The number of fused-ring (bicyclic) bond motifs is 1. The lowest BCUT2D eigenvalue weighted by atomic mass is 10.0. The number of anilines is 1. The van der Waals surface area contributed by atoms with E-state index >= 15 is 0 Å². The molecule has 0 aliphatic heterocycles. The van der Waals surface area contributed by atoms with Crippen LogP contribution >= 0.6 is 0 Å². The van der Waals surface area contributed by atoms with Crippen molar-refractivity contribution >= 4 is 28.1 Å². The van der Waals surface area contributed by atoms with E-state index in [0.29, 0.717) is 11.9 Å². The summed E-state index contributed by atoms with van der Waals surface area (Å²) in [5.74, 6) is 0.902. The molecule has 0 aliphatic rings. The average Bonchev–Trinajstić information content (AvgIpc) is 2.55. The van der Waals surface area contributed by atoms with Crippen LogP contribution in [-0.2, 0) is 0 Å².